The monoisotopic (exact) mass is 346 g/mol. The van der Waals surface area contributed by atoms with Gasteiger partial charge in [0.1, 0.15) is 5.76 Å². The fourth-order valence-electron chi connectivity index (χ4n) is 2.91. The van der Waals surface area contributed by atoms with Crippen LogP contribution in [0.25, 0.3) is 0 Å². The third-order valence-corrected chi connectivity index (χ3v) is 3.89. The fraction of sp³-hybridized carbons (Fsp3) is 0.375. The third-order valence-electron chi connectivity index (χ3n) is 3.89. The molecule has 1 atom stereocenters. The summed E-state index contributed by atoms with van der Waals surface area (Å²) >= 11 is 0. The van der Waals surface area contributed by atoms with Crippen molar-refractivity contribution in [1.29, 1.82) is 0 Å². The topological polar surface area (TPSA) is 28.4 Å². The van der Waals surface area contributed by atoms with Gasteiger partial charge in [-0.25, -0.2) is 0 Å². The smallest absolute Gasteiger partial charge is 0.416 e. The van der Waals surface area contributed by atoms with Crippen molar-refractivity contribution in [2.45, 2.75) is 12.2 Å². The Balaban J connectivity index is 0.00000192. The molecule has 3 nitrogen and oxygen atoms in total. The molecule has 0 aliphatic carbocycles. The van der Waals surface area contributed by atoms with Crippen molar-refractivity contribution in [3.05, 3.63) is 59.5 Å². The molecule has 0 amide bonds. The van der Waals surface area contributed by atoms with Crippen LogP contribution in [0.3, 0.4) is 0 Å². The van der Waals surface area contributed by atoms with Crippen molar-refractivity contribution in [3.63, 3.8) is 0 Å². The summed E-state index contributed by atoms with van der Waals surface area (Å²) in [6.07, 6.45) is -2.88. The first kappa shape index (κ1) is 17.8. The lowest BCUT2D eigenvalue weighted by Crippen LogP contribution is -2.45. The number of nitrogens with one attached hydrogen (secondary N) is 1. The van der Waals surface area contributed by atoms with E-state index in [0.29, 0.717) is 18.8 Å². The molecule has 1 aromatic heterocycles. The third kappa shape index (κ3) is 3.88. The molecule has 0 bridgehead atoms. The van der Waals surface area contributed by atoms with Crippen molar-refractivity contribution in [2.75, 3.05) is 26.2 Å². The van der Waals surface area contributed by atoms with Crippen LogP contribution in [-0.4, -0.2) is 31.1 Å². The van der Waals surface area contributed by atoms with E-state index in [0.717, 1.165) is 19.2 Å². The van der Waals surface area contributed by atoms with Crippen LogP contribution in [0.15, 0.2) is 47.1 Å². The number of alkyl halides is 3. The van der Waals surface area contributed by atoms with Gasteiger partial charge in [-0.2, -0.15) is 13.2 Å². The molecule has 1 fully saturated rings. The Morgan fingerprint density at radius 3 is 2.35 bits per heavy atom. The van der Waals surface area contributed by atoms with Crippen LogP contribution >= 0.6 is 12.4 Å². The largest absolute Gasteiger partial charge is 0.467 e. The minimum absolute atomic E-state index is 0. The number of piperazine rings is 1. The summed E-state index contributed by atoms with van der Waals surface area (Å²) in [5, 5.41) is 3.22. The Kier molecular flexibility index (Phi) is 5.73. The molecule has 1 aromatic carbocycles. The average Bonchev–Trinajstić information content (AvgIpc) is 3.02. The van der Waals surface area contributed by atoms with Crippen LogP contribution < -0.4 is 5.32 Å². The minimum Gasteiger partial charge on any atom is -0.467 e. The SMILES string of the molecule is Cl.FC(F)(F)c1ccccc1[C@@H](c1ccco1)N1CCNCC1. The number of benzene rings is 1. The maximum Gasteiger partial charge on any atom is 0.416 e. The van der Waals surface area contributed by atoms with E-state index in [1.165, 1.54) is 18.4 Å². The number of halogens is 4. The molecule has 1 saturated heterocycles. The van der Waals surface area contributed by atoms with Gasteiger partial charge in [0.15, 0.2) is 0 Å². The molecule has 0 unspecified atom stereocenters. The molecule has 3 rings (SSSR count). The molecule has 126 valence electrons. The second-order valence-corrected chi connectivity index (χ2v) is 5.29. The van der Waals surface area contributed by atoms with Crippen molar-refractivity contribution >= 4 is 12.4 Å². The summed E-state index contributed by atoms with van der Waals surface area (Å²) in [7, 11) is 0. The fourth-order valence-corrected chi connectivity index (χ4v) is 2.91. The zero-order valence-electron chi connectivity index (χ0n) is 12.3. The minimum atomic E-state index is -4.38. The summed E-state index contributed by atoms with van der Waals surface area (Å²) in [6, 6.07) is 8.66. The van der Waals surface area contributed by atoms with E-state index in [2.05, 4.69) is 5.32 Å². The molecule has 7 heteroatoms. The van der Waals surface area contributed by atoms with Gasteiger partial charge >= 0.3 is 6.18 Å². The Morgan fingerprint density at radius 1 is 1.04 bits per heavy atom. The van der Waals surface area contributed by atoms with E-state index in [9.17, 15) is 13.2 Å². The highest BCUT2D eigenvalue weighted by Crippen LogP contribution is 2.39. The Morgan fingerprint density at radius 2 is 1.74 bits per heavy atom. The Labute approximate surface area is 138 Å². The average molecular weight is 347 g/mol. The van der Waals surface area contributed by atoms with Crippen LogP contribution in [-0.2, 0) is 6.18 Å². The molecular weight excluding hydrogens is 329 g/mol. The van der Waals surface area contributed by atoms with Gasteiger partial charge in [0.05, 0.1) is 17.9 Å². The molecule has 23 heavy (non-hydrogen) atoms. The van der Waals surface area contributed by atoms with E-state index in [4.69, 9.17) is 4.42 Å². The predicted octanol–water partition coefficient (Wildman–Crippen LogP) is 3.71. The standard InChI is InChI=1S/C16H17F3N2O.ClH/c17-16(18,19)13-5-2-1-4-12(13)15(14-6-3-11-22-14)21-9-7-20-8-10-21;/h1-6,11,15,20H,7-10H2;1H/t15-;/m0./s1. The summed E-state index contributed by atoms with van der Waals surface area (Å²) in [4.78, 5) is 2.03. The quantitative estimate of drug-likeness (QED) is 0.918. The highest BCUT2D eigenvalue weighted by molar-refractivity contribution is 5.85. The number of furan rings is 1. The highest BCUT2D eigenvalue weighted by Gasteiger charge is 2.37. The summed E-state index contributed by atoms with van der Waals surface area (Å²) in [5.41, 5.74) is -0.359. The molecule has 1 N–H and O–H groups in total. The number of hydrogen-bond acceptors (Lipinski definition) is 3. The second kappa shape index (κ2) is 7.38. The highest BCUT2D eigenvalue weighted by atomic mass is 35.5. The van der Waals surface area contributed by atoms with Crippen molar-refractivity contribution in [3.8, 4) is 0 Å². The van der Waals surface area contributed by atoms with E-state index < -0.39 is 17.8 Å². The molecule has 2 heterocycles. The molecule has 0 saturated carbocycles. The Hall–Kier alpha value is -1.50. The number of nitrogens with zero attached hydrogens (tertiary/aromatic N) is 1. The van der Waals surface area contributed by atoms with Crippen molar-refractivity contribution in [2.24, 2.45) is 0 Å². The molecule has 0 spiro atoms. The van der Waals surface area contributed by atoms with Gasteiger partial charge in [-0.15, -0.1) is 12.4 Å². The van der Waals surface area contributed by atoms with Crippen LogP contribution in [0, 0.1) is 0 Å². The van der Waals surface area contributed by atoms with Gasteiger partial charge in [0.2, 0.25) is 0 Å². The lowest BCUT2D eigenvalue weighted by atomic mass is 9.96. The van der Waals surface area contributed by atoms with E-state index >= 15 is 0 Å². The van der Waals surface area contributed by atoms with Crippen molar-refractivity contribution < 1.29 is 17.6 Å². The van der Waals surface area contributed by atoms with E-state index in [-0.39, 0.29) is 18.0 Å². The maximum absolute atomic E-state index is 13.4. The lowest BCUT2D eigenvalue weighted by molar-refractivity contribution is -0.138. The summed E-state index contributed by atoms with van der Waals surface area (Å²) in [5.74, 6) is 0.540. The molecular formula is C16H18ClF3N2O. The maximum atomic E-state index is 13.4. The predicted molar refractivity (Wildman–Crippen MR) is 83.7 cm³/mol. The first-order chi connectivity index (χ1) is 10.6. The van der Waals surface area contributed by atoms with E-state index in [1.807, 2.05) is 4.90 Å². The van der Waals surface area contributed by atoms with Crippen molar-refractivity contribution in [1.82, 2.24) is 10.2 Å². The number of hydrogen-bond donors (Lipinski definition) is 1. The zero-order chi connectivity index (χ0) is 15.6. The van der Waals surface area contributed by atoms with Gasteiger partial charge in [-0.1, -0.05) is 18.2 Å². The van der Waals surface area contributed by atoms with Gasteiger partial charge in [-0.05, 0) is 23.8 Å². The summed E-state index contributed by atoms with van der Waals surface area (Å²) in [6.45, 7) is 2.87. The van der Waals surface area contributed by atoms with Crippen LogP contribution in [0.5, 0.6) is 0 Å². The molecule has 1 aliphatic rings. The van der Waals surface area contributed by atoms with Crippen LogP contribution in [0.1, 0.15) is 22.9 Å². The summed E-state index contributed by atoms with van der Waals surface area (Å²) < 4.78 is 45.5. The van der Waals surface area contributed by atoms with Gasteiger partial charge in [0.25, 0.3) is 0 Å². The molecule has 2 aromatic rings. The zero-order valence-corrected chi connectivity index (χ0v) is 13.2. The van der Waals surface area contributed by atoms with Crippen LogP contribution in [0.4, 0.5) is 13.2 Å². The van der Waals surface area contributed by atoms with Crippen LogP contribution in [0.2, 0.25) is 0 Å². The Bertz CT molecular complexity index is 610. The van der Waals surface area contributed by atoms with Gasteiger partial charge in [-0.3, -0.25) is 4.90 Å². The first-order valence-corrected chi connectivity index (χ1v) is 7.21. The number of rotatable bonds is 3. The normalized spacial score (nSPS) is 17.5. The molecule has 1 aliphatic heterocycles. The molecule has 0 radical (unpaired) electrons. The first-order valence-electron chi connectivity index (χ1n) is 7.21. The second-order valence-electron chi connectivity index (χ2n) is 5.29. The van der Waals surface area contributed by atoms with E-state index in [1.54, 1.807) is 18.2 Å². The van der Waals surface area contributed by atoms with Gasteiger partial charge in [0, 0.05) is 26.2 Å². The van der Waals surface area contributed by atoms with Gasteiger partial charge < -0.3 is 9.73 Å². The lowest BCUT2D eigenvalue weighted by Gasteiger charge is -2.35.